The quantitative estimate of drug-likeness (QED) is 0.443. The van der Waals surface area contributed by atoms with E-state index in [1.165, 1.54) is 12.1 Å². The van der Waals surface area contributed by atoms with Crippen LogP contribution in [0.5, 0.6) is 5.75 Å². The summed E-state index contributed by atoms with van der Waals surface area (Å²) in [7, 11) is 0. The first-order valence-corrected chi connectivity index (χ1v) is 6.42. The molecule has 0 saturated carbocycles. The van der Waals surface area contributed by atoms with Crippen LogP contribution in [0.25, 0.3) is 0 Å². The minimum absolute atomic E-state index is 0.109. The lowest BCUT2D eigenvalue weighted by molar-refractivity contribution is -0.384. The van der Waals surface area contributed by atoms with Crippen LogP contribution >= 0.6 is 0 Å². The molecule has 1 aliphatic heterocycles. The lowest BCUT2D eigenvalue weighted by Crippen LogP contribution is -2.42. The minimum Gasteiger partial charge on any atom is -0.508 e. The van der Waals surface area contributed by atoms with Crippen LogP contribution in [0, 0.1) is 15.5 Å². The molecular weight excluding hydrogens is 262 g/mol. The average Bonchev–Trinajstić information content (AvgIpc) is 2.41. The Kier molecular flexibility index (Phi) is 3.89. The Balaban J connectivity index is 2.21. The molecule has 0 atom stereocenters. The number of carbonyl (C=O) groups is 1. The molecule has 1 amide bonds. The van der Waals surface area contributed by atoms with Gasteiger partial charge in [0.1, 0.15) is 11.4 Å². The molecule has 2 rings (SSSR count). The zero-order chi connectivity index (χ0) is 14.8. The topological polar surface area (TPSA) is 104 Å². The number of nitro benzene ring substituents is 1. The van der Waals surface area contributed by atoms with Gasteiger partial charge in [0.25, 0.3) is 5.69 Å². The highest BCUT2D eigenvalue weighted by molar-refractivity contribution is 5.97. The van der Waals surface area contributed by atoms with Crippen molar-refractivity contribution in [3.8, 4) is 5.75 Å². The summed E-state index contributed by atoms with van der Waals surface area (Å²) in [6.45, 7) is 3.36. The van der Waals surface area contributed by atoms with E-state index >= 15 is 0 Å². The van der Waals surface area contributed by atoms with Gasteiger partial charge in [0.05, 0.1) is 11.0 Å². The summed E-state index contributed by atoms with van der Waals surface area (Å²) in [5, 5.41) is 26.0. The van der Waals surface area contributed by atoms with Gasteiger partial charge in [0.15, 0.2) is 0 Å². The summed E-state index contributed by atoms with van der Waals surface area (Å²) in [5.41, 5.74) is -0.731. The first-order chi connectivity index (χ1) is 9.42. The van der Waals surface area contributed by atoms with Gasteiger partial charge < -0.3 is 15.7 Å². The van der Waals surface area contributed by atoms with Crippen LogP contribution in [-0.2, 0) is 4.79 Å². The van der Waals surface area contributed by atoms with Crippen molar-refractivity contribution < 1.29 is 14.8 Å². The van der Waals surface area contributed by atoms with Crippen LogP contribution in [-0.4, -0.2) is 29.0 Å². The van der Waals surface area contributed by atoms with E-state index in [-0.39, 0.29) is 23.0 Å². The summed E-state index contributed by atoms with van der Waals surface area (Å²) in [6.07, 6.45) is 1.37. The molecule has 7 heteroatoms. The number of amides is 1. The molecule has 20 heavy (non-hydrogen) atoms. The number of hydrogen-bond donors (Lipinski definition) is 3. The molecule has 7 nitrogen and oxygen atoms in total. The highest BCUT2D eigenvalue weighted by Crippen LogP contribution is 2.33. The lowest BCUT2D eigenvalue weighted by Gasteiger charge is -2.32. The number of nitro groups is 1. The van der Waals surface area contributed by atoms with Crippen molar-refractivity contribution >= 4 is 17.3 Å². The third-order valence-corrected chi connectivity index (χ3v) is 3.68. The number of phenolic OH excluding ortho intramolecular Hbond substituents is 1. The standard InChI is InChI=1S/C13H17N3O4/c1-13(4-6-14-7-5-13)12(18)15-10-3-2-9(17)8-11(10)16(19)20/h2-3,8,14,17H,4-7H2,1H3,(H,15,18). The number of phenols is 1. The maximum atomic E-state index is 12.3. The Hall–Kier alpha value is -2.15. The highest BCUT2D eigenvalue weighted by Gasteiger charge is 2.35. The van der Waals surface area contributed by atoms with Crippen molar-refractivity contribution in [2.75, 3.05) is 18.4 Å². The van der Waals surface area contributed by atoms with Crippen molar-refractivity contribution in [3.05, 3.63) is 28.3 Å². The number of piperidine rings is 1. The Bertz CT molecular complexity index is 538. The van der Waals surface area contributed by atoms with Gasteiger partial charge in [-0.1, -0.05) is 6.92 Å². The second-order valence-electron chi connectivity index (χ2n) is 5.22. The van der Waals surface area contributed by atoms with E-state index in [0.717, 1.165) is 19.2 Å². The number of aromatic hydroxyl groups is 1. The van der Waals surface area contributed by atoms with Crippen molar-refractivity contribution in [1.29, 1.82) is 0 Å². The van der Waals surface area contributed by atoms with Gasteiger partial charge in [-0.05, 0) is 38.1 Å². The number of carbonyl (C=O) groups excluding carboxylic acids is 1. The first-order valence-electron chi connectivity index (χ1n) is 6.42. The van der Waals surface area contributed by atoms with Crippen LogP contribution < -0.4 is 10.6 Å². The molecule has 1 aromatic rings. The molecule has 1 aromatic carbocycles. The van der Waals surface area contributed by atoms with Crippen LogP contribution in [0.3, 0.4) is 0 Å². The molecule has 108 valence electrons. The predicted molar refractivity (Wildman–Crippen MR) is 73.6 cm³/mol. The smallest absolute Gasteiger partial charge is 0.296 e. The molecule has 1 heterocycles. The van der Waals surface area contributed by atoms with Gasteiger partial charge in [0.2, 0.25) is 5.91 Å². The second-order valence-corrected chi connectivity index (χ2v) is 5.22. The van der Waals surface area contributed by atoms with E-state index in [2.05, 4.69) is 10.6 Å². The monoisotopic (exact) mass is 279 g/mol. The minimum atomic E-state index is -0.625. The molecule has 1 saturated heterocycles. The van der Waals surface area contributed by atoms with Crippen LogP contribution in [0.1, 0.15) is 19.8 Å². The fraction of sp³-hybridized carbons (Fsp3) is 0.462. The number of nitrogens with zero attached hydrogens (tertiary/aromatic N) is 1. The van der Waals surface area contributed by atoms with E-state index in [0.29, 0.717) is 12.8 Å². The Morgan fingerprint density at radius 1 is 1.45 bits per heavy atom. The number of rotatable bonds is 3. The average molecular weight is 279 g/mol. The number of benzene rings is 1. The largest absolute Gasteiger partial charge is 0.508 e. The van der Waals surface area contributed by atoms with E-state index in [1.54, 1.807) is 0 Å². The third-order valence-electron chi connectivity index (χ3n) is 3.68. The van der Waals surface area contributed by atoms with Gasteiger partial charge in [-0.15, -0.1) is 0 Å². The maximum absolute atomic E-state index is 12.3. The molecule has 1 fully saturated rings. The van der Waals surface area contributed by atoms with Gasteiger partial charge in [-0.25, -0.2) is 0 Å². The molecule has 0 radical (unpaired) electrons. The van der Waals surface area contributed by atoms with Gasteiger partial charge in [0, 0.05) is 5.41 Å². The summed E-state index contributed by atoms with van der Waals surface area (Å²) in [4.78, 5) is 22.6. The van der Waals surface area contributed by atoms with E-state index in [4.69, 9.17) is 0 Å². The molecule has 0 unspecified atom stereocenters. The summed E-state index contributed by atoms with van der Waals surface area (Å²) >= 11 is 0. The lowest BCUT2D eigenvalue weighted by atomic mass is 9.80. The highest BCUT2D eigenvalue weighted by atomic mass is 16.6. The van der Waals surface area contributed by atoms with Crippen molar-refractivity contribution in [2.45, 2.75) is 19.8 Å². The number of hydrogen-bond acceptors (Lipinski definition) is 5. The zero-order valence-corrected chi connectivity index (χ0v) is 11.2. The zero-order valence-electron chi connectivity index (χ0n) is 11.2. The molecule has 0 spiro atoms. The Morgan fingerprint density at radius 2 is 2.10 bits per heavy atom. The van der Waals surface area contributed by atoms with Crippen molar-refractivity contribution in [2.24, 2.45) is 5.41 Å². The van der Waals surface area contributed by atoms with E-state index < -0.39 is 10.3 Å². The van der Waals surface area contributed by atoms with Gasteiger partial charge >= 0.3 is 0 Å². The summed E-state index contributed by atoms with van der Waals surface area (Å²) in [6, 6.07) is 3.68. The molecular formula is C13H17N3O4. The van der Waals surface area contributed by atoms with E-state index in [9.17, 15) is 20.0 Å². The van der Waals surface area contributed by atoms with Crippen LogP contribution in [0.15, 0.2) is 18.2 Å². The molecule has 0 aromatic heterocycles. The maximum Gasteiger partial charge on any atom is 0.296 e. The molecule has 1 aliphatic rings. The Labute approximate surface area is 116 Å². The molecule has 0 aliphatic carbocycles. The number of nitrogens with one attached hydrogen (secondary N) is 2. The van der Waals surface area contributed by atoms with Gasteiger partial charge in [-0.3, -0.25) is 14.9 Å². The van der Waals surface area contributed by atoms with Crippen LogP contribution in [0.2, 0.25) is 0 Å². The first kappa shape index (κ1) is 14.3. The van der Waals surface area contributed by atoms with Crippen molar-refractivity contribution in [1.82, 2.24) is 5.32 Å². The Morgan fingerprint density at radius 3 is 2.70 bits per heavy atom. The van der Waals surface area contributed by atoms with E-state index in [1.807, 2.05) is 6.92 Å². The summed E-state index contributed by atoms with van der Waals surface area (Å²) < 4.78 is 0. The second kappa shape index (κ2) is 5.46. The molecule has 3 N–H and O–H groups in total. The van der Waals surface area contributed by atoms with Crippen LogP contribution in [0.4, 0.5) is 11.4 Å². The number of anilines is 1. The fourth-order valence-corrected chi connectivity index (χ4v) is 2.26. The summed E-state index contributed by atoms with van der Waals surface area (Å²) in [5.74, 6) is -0.435. The normalized spacial score (nSPS) is 17.4. The predicted octanol–water partition coefficient (Wildman–Crippen LogP) is 1.63. The molecule has 0 bridgehead atoms. The fourth-order valence-electron chi connectivity index (χ4n) is 2.26. The van der Waals surface area contributed by atoms with Gasteiger partial charge in [-0.2, -0.15) is 0 Å². The SMILES string of the molecule is CC1(C(=O)Nc2ccc(O)cc2[N+](=O)[O-])CCNCC1. The van der Waals surface area contributed by atoms with Crippen molar-refractivity contribution in [3.63, 3.8) is 0 Å². The third kappa shape index (κ3) is 2.88.